The first-order valence-corrected chi connectivity index (χ1v) is 12.0. The fourth-order valence-electron chi connectivity index (χ4n) is 5.79. The van der Waals surface area contributed by atoms with Crippen LogP contribution in [0.3, 0.4) is 0 Å². The van der Waals surface area contributed by atoms with Gasteiger partial charge in [0, 0.05) is 36.2 Å². The number of carbonyl (C=O) groups excluding carboxylic acids is 1. The van der Waals surface area contributed by atoms with E-state index in [0.717, 1.165) is 21.3 Å². The third-order valence-electron chi connectivity index (χ3n) is 7.22. The number of aliphatic hydroxyl groups is 1. The van der Waals surface area contributed by atoms with E-state index < -0.39 is 17.4 Å². The first kappa shape index (κ1) is 23.8. The molecular formula is C23H30BrN3O6. The van der Waals surface area contributed by atoms with E-state index in [4.69, 9.17) is 14.6 Å². The van der Waals surface area contributed by atoms with Crippen molar-refractivity contribution in [3.8, 4) is 11.5 Å². The molecule has 0 saturated heterocycles. The molecule has 33 heavy (non-hydrogen) atoms. The van der Waals surface area contributed by atoms with Crippen LogP contribution in [0, 0.1) is 5.92 Å². The van der Waals surface area contributed by atoms with E-state index in [-0.39, 0.29) is 31.2 Å². The van der Waals surface area contributed by atoms with Gasteiger partial charge in [-0.25, -0.2) is 4.79 Å². The van der Waals surface area contributed by atoms with Gasteiger partial charge in [0.2, 0.25) is 0 Å². The fraction of sp³-hybridized carbons (Fsp3) is 0.609. The number of methoxy groups -OCH3 is 1. The first-order valence-electron chi connectivity index (χ1n) is 11.2. The Morgan fingerprint density at radius 3 is 2.82 bits per heavy atom. The third kappa shape index (κ3) is 3.86. The van der Waals surface area contributed by atoms with Gasteiger partial charge in [-0.15, -0.1) is 0 Å². The third-order valence-corrected chi connectivity index (χ3v) is 7.97. The quantitative estimate of drug-likeness (QED) is 0.545. The number of nitrogens with zero attached hydrogens (tertiary/aromatic N) is 2. The second-order valence-corrected chi connectivity index (χ2v) is 9.79. The highest BCUT2D eigenvalue weighted by Crippen LogP contribution is 2.60. The highest BCUT2D eigenvalue weighted by Gasteiger charge is 2.59. The molecule has 2 heterocycles. The summed E-state index contributed by atoms with van der Waals surface area (Å²) in [6.45, 7) is 4.38. The van der Waals surface area contributed by atoms with E-state index in [1.807, 2.05) is 13.0 Å². The van der Waals surface area contributed by atoms with Gasteiger partial charge < -0.3 is 29.9 Å². The van der Waals surface area contributed by atoms with Crippen molar-refractivity contribution in [2.45, 2.75) is 57.2 Å². The number of urea groups is 1. The monoisotopic (exact) mass is 523 g/mol. The summed E-state index contributed by atoms with van der Waals surface area (Å²) < 4.78 is 12.9. The van der Waals surface area contributed by atoms with E-state index in [0.29, 0.717) is 43.9 Å². The largest absolute Gasteiger partial charge is 0.495 e. The van der Waals surface area contributed by atoms with Crippen LogP contribution < -0.4 is 14.8 Å². The van der Waals surface area contributed by atoms with Crippen molar-refractivity contribution >= 4 is 33.6 Å². The number of ether oxygens (including phenoxy) is 2. The maximum absolute atomic E-state index is 13.0. The number of hydrogen-bond donors (Lipinski definition) is 3. The van der Waals surface area contributed by atoms with E-state index >= 15 is 0 Å². The van der Waals surface area contributed by atoms with Crippen molar-refractivity contribution in [3.63, 3.8) is 0 Å². The Morgan fingerprint density at radius 1 is 1.42 bits per heavy atom. The lowest BCUT2D eigenvalue weighted by atomic mass is 9.59. The molecule has 1 aromatic rings. The summed E-state index contributed by atoms with van der Waals surface area (Å²) in [5, 5.41) is 22.3. The summed E-state index contributed by atoms with van der Waals surface area (Å²) in [6.07, 6.45) is 1.39. The molecule has 4 rings (SSSR count). The Hall–Kier alpha value is -2.33. The number of rotatable bonds is 5. The van der Waals surface area contributed by atoms with Crippen LogP contribution >= 0.6 is 15.9 Å². The number of benzene rings is 1. The van der Waals surface area contributed by atoms with E-state index in [2.05, 4.69) is 33.2 Å². The lowest BCUT2D eigenvalue weighted by molar-refractivity contribution is -0.135. The Morgan fingerprint density at radius 2 is 2.18 bits per heavy atom. The maximum Gasteiger partial charge on any atom is 0.325 e. The topological polar surface area (TPSA) is 121 Å². The van der Waals surface area contributed by atoms with Gasteiger partial charge in [-0.05, 0) is 53.2 Å². The minimum absolute atomic E-state index is 0.0623. The predicted octanol–water partition coefficient (Wildman–Crippen LogP) is 2.71. The van der Waals surface area contributed by atoms with Gasteiger partial charge in [0.05, 0.1) is 19.8 Å². The maximum atomic E-state index is 13.0. The van der Waals surface area contributed by atoms with Gasteiger partial charge in [-0.1, -0.05) is 6.92 Å². The summed E-state index contributed by atoms with van der Waals surface area (Å²) in [5.74, 6) is 0.416. The highest BCUT2D eigenvalue weighted by atomic mass is 79.9. The van der Waals surface area contributed by atoms with Gasteiger partial charge in [-0.2, -0.15) is 0 Å². The van der Waals surface area contributed by atoms with Gasteiger partial charge in [0.25, 0.3) is 0 Å². The smallest absolute Gasteiger partial charge is 0.325 e. The molecule has 1 aromatic carbocycles. The predicted molar refractivity (Wildman–Crippen MR) is 125 cm³/mol. The van der Waals surface area contributed by atoms with Crippen molar-refractivity contribution in [1.29, 1.82) is 0 Å². The Kier molecular flexibility index (Phi) is 6.59. The molecule has 1 saturated carbocycles. The molecule has 2 aliphatic heterocycles. The van der Waals surface area contributed by atoms with Crippen molar-refractivity contribution in [2.75, 3.05) is 26.8 Å². The summed E-state index contributed by atoms with van der Waals surface area (Å²) >= 11 is 3.65. The average Bonchev–Trinajstić information content (AvgIpc) is 3.04. The number of nitrogens with one attached hydrogen (secondary N) is 1. The average molecular weight is 524 g/mol. The summed E-state index contributed by atoms with van der Waals surface area (Å²) in [7, 11) is 1.59. The molecule has 10 heteroatoms. The van der Waals surface area contributed by atoms with Crippen molar-refractivity contribution in [1.82, 2.24) is 10.2 Å². The van der Waals surface area contributed by atoms with Crippen LogP contribution in [0.15, 0.2) is 15.5 Å². The second-order valence-electron chi connectivity index (χ2n) is 8.99. The lowest BCUT2D eigenvalue weighted by Crippen LogP contribution is -2.54. The van der Waals surface area contributed by atoms with Crippen LogP contribution in [0.4, 0.5) is 4.79 Å². The standard InChI is InChI=1S/C23H30BrN3O6/c1-4-25-22(31)27-10-13-6-16(32-3)20(24)21-19(13)23(8-15(27)11-28)12(2)5-14(7-17(23)33-21)26-9-18(29)30/h6,12,15,17,28H,4-5,7-11H2,1-3H3,(H,25,31)(H,29,30)/t12-,15+,17-,23+/m1/s1. The molecule has 2 amide bonds. The Bertz CT molecular complexity index is 999. The van der Waals surface area contributed by atoms with Gasteiger partial charge in [0.1, 0.15) is 28.6 Å². The minimum Gasteiger partial charge on any atom is -0.495 e. The van der Waals surface area contributed by atoms with Crippen LogP contribution in [-0.4, -0.2) is 71.8 Å². The first-order chi connectivity index (χ1) is 15.8. The number of aliphatic carboxylic acids is 1. The molecule has 3 N–H and O–H groups in total. The number of hydrogen-bond acceptors (Lipinski definition) is 6. The fourth-order valence-corrected chi connectivity index (χ4v) is 6.36. The number of carboxylic acid groups (broad SMARTS) is 1. The number of amides is 2. The summed E-state index contributed by atoms with van der Waals surface area (Å²) in [5.41, 5.74) is 2.36. The normalized spacial score (nSPS) is 29.1. The molecule has 180 valence electrons. The lowest BCUT2D eigenvalue weighted by Gasteiger charge is -2.45. The molecule has 1 fully saturated rings. The molecular weight excluding hydrogens is 494 g/mol. The zero-order chi connectivity index (χ0) is 23.9. The van der Waals surface area contributed by atoms with Crippen LogP contribution in [0.5, 0.6) is 11.5 Å². The molecule has 1 aliphatic carbocycles. The molecule has 0 aromatic heterocycles. The van der Waals surface area contributed by atoms with Crippen LogP contribution in [0.2, 0.25) is 0 Å². The van der Waals surface area contributed by atoms with Crippen molar-refractivity contribution < 1.29 is 29.3 Å². The summed E-state index contributed by atoms with van der Waals surface area (Å²) in [6, 6.07) is 1.34. The molecule has 4 atom stereocenters. The van der Waals surface area contributed by atoms with Crippen molar-refractivity contribution in [2.24, 2.45) is 10.9 Å². The SMILES string of the molecule is CCNC(=O)N1Cc2cc(OC)c(Br)c3c2[C@@]2(C[C@H]1CO)[C@H](C)CC(=NCC(=O)O)C[C@H]2O3. The molecule has 3 aliphatic rings. The zero-order valence-electron chi connectivity index (χ0n) is 19.1. The van der Waals surface area contributed by atoms with Gasteiger partial charge in [-0.3, -0.25) is 9.79 Å². The van der Waals surface area contributed by atoms with E-state index in [1.165, 1.54) is 0 Å². The van der Waals surface area contributed by atoms with Gasteiger partial charge >= 0.3 is 12.0 Å². The summed E-state index contributed by atoms with van der Waals surface area (Å²) in [4.78, 5) is 30.1. The van der Waals surface area contributed by atoms with E-state index in [9.17, 15) is 14.7 Å². The highest BCUT2D eigenvalue weighted by molar-refractivity contribution is 9.10. The van der Waals surface area contributed by atoms with Crippen LogP contribution in [0.25, 0.3) is 0 Å². The molecule has 9 nitrogen and oxygen atoms in total. The second kappa shape index (κ2) is 9.13. The Labute approximate surface area is 201 Å². The molecule has 0 radical (unpaired) electrons. The van der Waals surface area contributed by atoms with Gasteiger partial charge in [0.15, 0.2) is 0 Å². The number of carbonyl (C=O) groups is 2. The number of aliphatic imine (C=N–C) groups is 1. The van der Waals surface area contributed by atoms with Crippen LogP contribution in [-0.2, 0) is 16.8 Å². The number of aliphatic hydroxyl groups excluding tert-OH is 1. The molecule has 0 unspecified atom stereocenters. The van der Waals surface area contributed by atoms with Crippen LogP contribution in [0.1, 0.15) is 44.2 Å². The molecule has 0 bridgehead atoms. The number of carboxylic acids is 1. The minimum atomic E-state index is -0.965. The van der Waals surface area contributed by atoms with Crippen molar-refractivity contribution in [3.05, 3.63) is 21.7 Å². The van der Waals surface area contributed by atoms with E-state index in [1.54, 1.807) is 12.0 Å². The zero-order valence-corrected chi connectivity index (χ0v) is 20.6. The Balaban J connectivity index is 1.86. The number of halogens is 1. The molecule has 1 spiro atoms.